The minimum absolute atomic E-state index is 0.0556. The van der Waals surface area contributed by atoms with Crippen LogP contribution in [0.25, 0.3) is 0 Å². The Morgan fingerprint density at radius 1 is 1.18 bits per heavy atom. The fourth-order valence-corrected chi connectivity index (χ4v) is 7.39. The standard InChI is InChI=1S/C19H30N2O5S2/c1-16-4-5-19(14-17(16)2)28(24,25)21(18-6-13-27(22,23)15-18)8-3-7-20-9-11-26-12-10-20/h4-5,14,18H,3,6-13,15H2,1-2H3/t18-/m1/s1. The van der Waals surface area contributed by atoms with Gasteiger partial charge in [0.15, 0.2) is 9.84 Å². The van der Waals surface area contributed by atoms with Crippen molar-refractivity contribution in [1.82, 2.24) is 9.21 Å². The molecule has 2 fully saturated rings. The van der Waals surface area contributed by atoms with Crippen LogP contribution in [0.15, 0.2) is 23.1 Å². The van der Waals surface area contributed by atoms with Gasteiger partial charge in [-0.25, -0.2) is 16.8 Å². The predicted molar refractivity (Wildman–Crippen MR) is 109 cm³/mol. The second kappa shape index (κ2) is 8.79. The molecule has 7 nitrogen and oxygen atoms in total. The first-order valence-electron chi connectivity index (χ1n) is 9.79. The number of ether oxygens (including phenoxy) is 1. The van der Waals surface area contributed by atoms with Gasteiger partial charge in [-0.3, -0.25) is 4.90 Å². The largest absolute Gasteiger partial charge is 0.379 e. The molecule has 2 heterocycles. The van der Waals surface area contributed by atoms with Crippen molar-refractivity contribution in [1.29, 1.82) is 0 Å². The third kappa shape index (κ3) is 5.13. The second-order valence-corrected chi connectivity index (χ2v) is 11.8. The van der Waals surface area contributed by atoms with Crippen LogP contribution in [-0.2, 0) is 24.6 Å². The van der Waals surface area contributed by atoms with Crippen LogP contribution < -0.4 is 0 Å². The number of sulfonamides is 1. The monoisotopic (exact) mass is 430 g/mol. The summed E-state index contributed by atoms with van der Waals surface area (Å²) in [7, 11) is -6.93. The summed E-state index contributed by atoms with van der Waals surface area (Å²) in [5, 5.41) is 0. The maximum absolute atomic E-state index is 13.4. The average molecular weight is 431 g/mol. The molecule has 0 spiro atoms. The summed E-state index contributed by atoms with van der Waals surface area (Å²) in [4.78, 5) is 2.50. The van der Waals surface area contributed by atoms with Crippen molar-refractivity contribution in [2.45, 2.75) is 37.6 Å². The van der Waals surface area contributed by atoms with E-state index in [-0.39, 0.29) is 16.4 Å². The summed E-state index contributed by atoms with van der Waals surface area (Å²) in [5.74, 6) is -0.0330. The van der Waals surface area contributed by atoms with Gasteiger partial charge in [0.25, 0.3) is 0 Å². The second-order valence-electron chi connectivity index (χ2n) is 7.73. The van der Waals surface area contributed by atoms with Gasteiger partial charge in [-0.05, 0) is 56.5 Å². The van der Waals surface area contributed by atoms with Crippen LogP contribution in [0.5, 0.6) is 0 Å². The molecule has 0 saturated carbocycles. The van der Waals surface area contributed by atoms with Crippen molar-refractivity contribution in [3.8, 4) is 0 Å². The Labute approximate surface area is 168 Å². The van der Waals surface area contributed by atoms with Crippen LogP contribution in [0, 0.1) is 13.8 Å². The summed E-state index contributed by atoms with van der Waals surface area (Å²) in [6.07, 6.45) is 1.03. The molecule has 2 saturated heterocycles. The molecule has 1 aromatic carbocycles. The smallest absolute Gasteiger partial charge is 0.243 e. The molecule has 158 valence electrons. The molecule has 0 aromatic heterocycles. The van der Waals surface area contributed by atoms with Crippen molar-refractivity contribution < 1.29 is 21.6 Å². The maximum atomic E-state index is 13.4. The molecule has 1 atom stereocenters. The van der Waals surface area contributed by atoms with Crippen LogP contribution in [0.3, 0.4) is 0 Å². The van der Waals surface area contributed by atoms with E-state index in [0.717, 1.165) is 30.8 Å². The van der Waals surface area contributed by atoms with E-state index in [4.69, 9.17) is 4.74 Å². The SMILES string of the molecule is Cc1ccc(S(=O)(=O)N(CCCN2CCOCC2)[C@@H]2CCS(=O)(=O)C2)cc1C. The number of rotatable bonds is 7. The van der Waals surface area contributed by atoms with E-state index in [2.05, 4.69) is 4.90 Å². The molecule has 0 N–H and O–H groups in total. The summed E-state index contributed by atoms with van der Waals surface area (Å²) in [6.45, 7) is 8.03. The Morgan fingerprint density at radius 3 is 2.50 bits per heavy atom. The van der Waals surface area contributed by atoms with E-state index in [1.807, 2.05) is 13.8 Å². The Bertz CT molecular complexity index is 893. The molecule has 28 heavy (non-hydrogen) atoms. The van der Waals surface area contributed by atoms with E-state index >= 15 is 0 Å². The van der Waals surface area contributed by atoms with Crippen molar-refractivity contribution in [2.75, 3.05) is 50.9 Å². The van der Waals surface area contributed by atoms with Crippen LogP contribution >= 0.6 is 0 Å². The highest BCUT2D eigenvalue weighted by molar-refractivity contribution is 7.92. The van der Waals surface area contributed by atoms with Crippen molar-refractivity contribution in [3.05, 3.63) is 29.3 Å². The maximum Gasteiger partial charge on any atom is 0.243 e. The normalized spacial score (nSPS) is 23.3. The van der Waals surface area contributed by atoms with Gasteiger partial charge in [-0.2, -0.15) is 4.31 Å². The number of sulfone groups is 1. The molecule has 0 bridgehead atoms. The van der Waals surface area contributed by atoms with Gasteiger partial charge in [0.1, 0.15) is 0 Å². The average Bonchev–Trinajstić information content (AvgIpc) is 3.01. The van der Waals surface area contributed by atoms with Gasteiger partial charge in [0, 0.05) is 25.7 Å². The van der Waals surface area contributed by atoms with Crippen molar-refractivity contribution in [3.63, 3.8) is 0 Å². The molecule has 9 heteroatoms. The fourth-order valence-electron chi connectivity index (χ4n) is 3.79. The van der Waals surface area contributed by atoms with Gasteiger partial charge in [-0.15, -0.1) is 0 Å². The highest BCUT2D eigenvalue weighted by Crippen LogP contribution is 2.26. The van der Waals surface area contributed by atoms with E-state index in [1.165, 1.54) is 4.31 Å². The zero-order chi connectivity index (χ0) is 20.4. The molecule has 0 amide bonds. The molecule has 3 rings (SSSR count). The summed E-state index contributed by atoms with van der Waals surface area (Å²) >= 11 is 0. The van der Waals surface area contributed by atoms with Gasteiger partial charge in [0.05, 0.1) is 29.6 Å². The highest BCUT2D eigenvalue weighted by Gasteiger charge is 2.38. The van der Waals surface area contributed by atoms with Gasteiger partial charge >= 0.3 is 0 Å². The number of hydrogen-bond donors (Lipinski definition) is 0. The third-order valence-electron chi connectivity index (χ3n) is 5.66. The first-order chi connectivity index (χ1) is 13.2. The van der Waals surface area contributed by atoms with Gasteiger partial charge in [0.2, 0.25) is 10.0 Å². The summed E-state index contributed by atoms with van der Waals surface area (Å²) in [6, 6.07) is 4.62. The minimum atomic E-state index is -3.75. The summed E-state index contributed by atoms with van der Waals surface area (Å²) < 4.78 is 57.5. The lowest BCUT2D eigenvalue weighted by molar-refractivity contribution is 0.0367. The first kappa shape index (κ1) is 21.7. The lowest BCUT2D eigenvalue weighted by Crippen LogP contribution is -2.43. The zero-order valence-corrected chi connectivity index (χ0v) is 18.3. The van der Waals surface area contributed by atoms with Gasteiger partial charge < -0.3 is 4.74 Å². The topological polar surface area (TPSA) is 84.0 Å². The molecule has 0 aliphatic carbocycles. The Balaban J connectivity index is 1.79. The fraction of sp³-hybridized carbons (Fsp3) is 0.684. The molecular formula is C19H30N2O5S2. The van der Waals surface area contributed by atoms with E-state index in [0.29, 0.717) is 32.6 Å². The Kier molecular flexibility index (Phi) is 6.81. The van der Waals surface area contributed by atoms with Crippen LogP contribution in [-0.4, -0.2) is 83.0 Å². The van der Waals surface area contributed by atoms with Crippen LogP contribution in [0.2, 0.25) is 0 Å². The van der Waals surface area contributed by atoms with E-state index < -0.39 is 25.9 Å². The number of benzene rings is 1. The minimum Gasteiger partial charge on any atom is -0.379 e. The highest BCUT2D eigenvalue weighted by atomic mass is 32.2. The molecular weight excluding hydrogens is 400 g/mol. The molecule has 1 aromatic rings. The van der Waals surface area contributed by atoms with E-state index in [9.17, 15) is 16.8 Å². The predicted octanol–water partition coefficient (Wildman–Crippen LogP) is 1.20. The molecule has 0 radical (unpaired) electrons. The summed E-state index contributed by atoms with van der Waals surface area (Å²) in [5.41, 5.74) is 1.94. The first-order valence-corrected chi connectivity index (χ1v) is 13.0. The lowest BCUT2D eigenvalue weighted by Gasteiger charge is -2.30. The number of morpholine rings is 1. The quantitative estimate of drug-likeness (QED) is 0.646. The number of nitrogens with zero attached hydrogens (tertiary/aromatic N) is 2. The molecule has 2 aliphatic rings. The van der Waals surface area contributed by atoms with Gasteiger partial charge in [-0.1, -0.05) is 6.07 Å². The molecule has 2 aliphatic heterocycles. The number of hydrogen-bond acceptors (Lipinski definition) is 6. The Hall–Kier alpha value is -1.00. The van der Waals surface area contributed by atoms with Crippen LogP contribution in [0.4, 0.5) is 0 Å². The lowest BCUT2D eigenvalue weighted by atomic mass is 10.1. The number of aryl methyl sites for hydroxylation is 2. The van der Waals surface area contributed by atoms with Crippen LogP contribution in [0.1, 0.15) is 24.0 Å². The Morgan fingerprint density at radius 2 is 1.89 bits per heavy atom. The molecule has 0 unspecified atom stereocenters. The van der Waals surface area contributed by atoms with Crippen molar-refractivity contribution in [2.24, 2.45) is 0 Å². The third-order valence-corrected chi connectivity index (χ3v) is 9.36. The zero-order valence-electron chi connectivity index (χ0n) is 16.6. The van der Waals surface area contributed by atoms with Crippen molar-refractivity contribution >= 4 is 19.9 Å². The van der Waals surface area contributed by atoms with E-state index in [1.54, 1.807) is 18.2 Å².